The van der Waals surface area contributed by atoms with Crippen molar-refractivity contribution in [1.29, 1.82) is 0 Å². The molecule has 1 amide bonds. The lowest BCUT2D eigenvalue weighted by Gasteiger charge is -2.25. The SMILES string of the molecule is CC(C)[C@H](CC(=O)[C@@H](NC(=O)[C@@H](CC(=O)OCc1ccccc1)CC(=O)OC(C)(C)C)c1ccccc1)C(=O)O. The Kier molecular flexibility index (Phi) is 12.0. The van der Waals surface area contributed by atoms with Crippen molar-refractivity contribution in [3.8, 4) is 0 Å². The van der Waals surface area contributed by atoms with Gasteiger partial charge >= 0.3 is 17.9 Å². The second kappa shape index (κ2) is 15.0. The number of aliphatic carboxylic acids is 1. The van der Waals surface area contributed by atoms with Gasteiger partial charge in [0.15, 0.2) is 5.78 Å². The van der Waals surface area contributed by atoms with Gasteiger partial charge < -0.3 is 19.9 Å². The van der Waals surface area contributed by atoms with Gasteiger partial charge in [-0.1, -0.05) is 74.5 Å². The summed E-state index contributed by atoms with van der Waals surface area (Å²) in [5.41, 5.74) is 0.408. The van der Waals surface area contributed by atoms with E-state index in [0.717, 1.165) is 5.56 Å². The van der Waals surface area contributed by atoms with E-state index in [1.165, 1.54) is 0 Å². The number of carboxylic acid groups (broad SMARTS) is 1. The van der Waals surface area contributed by atoms with Gasteiger partial charge in [-0.25, -0.2) is 0 Å². The van der Waals surface area contributed by atoms with Crippen LogP contribution in [0.1, 0.15) is 71.0 Å². The smallest absolute Gasteiger partial charge is 0.307 e. The summed E-state index contributed by atoms with van der Waals surface area (Å²) in [6.45, 7) is 8.47. The number of ether oxygens (including phenoxy) is 2. The average Bonchev–Trinajstić information content (AvgIpc) is 2.88. The highest BCUT2D eigenvalue weighted by molar-refractivity contribution is 5.94. The fraction of sp³-hybridized carbons (Fsp3) is 0.452. The van der Waals surface area contributed by atoms with Crippen LogP contribution in [0.4, 0.5) is 0 Å². The molecule has 2 N–H and O–H groups in total. The second-order valence-electron chi connectivity index (χ2n) is 11.0. The first-order chi connectivity index (χ1) is 18.8. The number of nitrogens with one attached hydrogen (secondary N) is 1. The van der Waals surface area contributed by atoms with E-state index in [2.05, 4.69) is 5.32 Å². The molecule has 0 bridgehead atoms. The molecule has 0 saturated heterocycles. The number of benzene rings is 2. The zero-order chi connectivity index (χ0) is 29.9. The zero-order valence-corrected chi connectivity index (χ0v) is 23.7. The number of ketones is 1. The Hall–Kier alpha value is -4.01. The van der Waals surface area contributed by atoms with Gasteiger partial charge in [-0.2, -0.15) is 0 Å². The van der Waals surface area contributed by atoms with Crippen LogP contribution in [0.5, 0.6) is 0 Å². The molecule has 0 aliphatic heterocycles. The number of Topliss-reactive ketones (excluding diaryl/α,β-unsaturated/α-hetero) is 1. The van der Waals surface area contributed by atoms with Crippen molar-refractivity contribution in [3.63, 3.8) is 0 Å². The van der Waals surface area contributed by atoms with Crippen molar-refractivity contribution >= 4 is 29.6 Å². The second-order valence-corrected chi connectivity index (χ2v) is 11.0. The molecule has 216 valence electrons. The topological polar surface area (TPSA) is 136 Å². The molecule has 9 heteroatoms. The summed E-state index contributed by atoms with van der Waals surface area (Å²) in [6.07, 6.45) is -1.14. The van der Waals surface area contributed by atoms with Crippen molar-refractivity contribution in [2.75, 3.05) is 0 Å². The molecule has 40 heavy (non-hydrogen) atoms. The largest absolute Gasteiger partial charge is 0.481 e. The van der Waals surface area contributed by atoms with E-state index in [0.29, 0.717) is 5.56 Å². The van der Waals surface area contributed by atoms with Gasteiger partial charge in [0.05, 0.1) is 24.7 Å². The molecule has 0 aliphatic rings. The first-order valence-electron chi connectivity index (χ1n) is 13.3. The quantitative estimate of drug-likeness (QED) is 0.323. The fourth-order valence-corrected chi connectivity index (χ4v) is 4.04. The van der Waals surface area contributed by atoms with Gasteiger partial charge in [0.25, 0.3) is 0 Å². The van der Waals surface area contributed by atoms with Crippen LogP contribution in [-0.2, 0) is 40.1 Å². The van der Waals surface area contributed by atoms with Crippen LogP contribution in [0, 0.1) is 17.8 Å². The molecular weight excluding hydrogens is 514 g/mol. The van der Waals surface area contributed by atoms with E-state index in [-0.39, 0.29) is 18.9 Å². The predicted molar refractivity (Wildman–Crippen MR) is 148 cm³/mol. The molecule has 2 aromatic rings. The lowest BCUT2D eigenvalue weighted by molar-refractivity contribution is -0.158. The maximum Gasteiger partial charge on any atom is 0.307 e. The number of rotatable bonds is 14. The van der Waals surface area contributed by atoms with Gasteiger partial charge in [0.1, 0.15) is 18.2 Å². The molecule has 2 rings (SSSR count). The van der Waals surface area contributed by atoms with Crippen molar-refractivity contribution in [3.05, 3.63) is 71.8 Å². The van der Waals surface area contributed by atoms with Crippen LogP contribution in [0.15, 0.2) is 60.7 Å². The summed E-state index contributed by atoms with van der Waals surface area (Å²) >= 11 is 0. The van der Waals surface area contributed by atoms with Crippen molar-refractivity contribution in [2.24, 2.45) is 17.8 Å². The normalized spacial score (nSPS) is 13.6. The van der Waals surface area contributed by atoms with E-state index in [9.17, 15) is 29.1 Å². The number of carbonyl (C=O) groups is 5. The maximum absolute atomic E-state index is 13.5. The Morgan fingerprint density at radius 2 is 1.38 bits per heavy atom. The molecule has 0 radical (unpaired) electrons. The summed E-state index contributed by atoms with van der Waals surface area (Å²) in [6, 6.07) is 16.3. The fourth-order valence-electron chi connectivity index (χ4n) is 4.04. The third-order valence-corrected chi connectivity index (χ3v) is 6.14. The van der Waals surface area contributed by atoms with Gasteiger partial charge in [-0.15, -0.1) is 0 Å². The third-order valence-electron chi connectivity index (χ3n) is 6.14. The van der Waals surface area contributed by atoms with Crippen LogP contribution in [-0.4, -0.2) is 40.3 Å². The number of amides is 1. The molecule has 0 saturated carbocycles. The van der Waals surface area contributed by atoms with Gasteiger partial charge in [-0.3, -0.25) is 24.0 Å². The van der Waals surface area contributed by atoms with Crippen molar-refractivity contribution < 1.29 is 38.6 Å². The van der Waals surface area contributed by atoms with Gasteiger partial charge in [0.2, 0.25) is 5.91 Å². The first-order valence-corrected chi connectivity index (χ1v) is 13.3. The van der Waals surface area contributed by atoms with E-state index in [4.69, 9.17) is 9.47 Å². The van der Waals surface area contributed by atoms with Crippen LogP contribution < -0.4 is 5.32 Å². The Balaban J connectivity index is 2.27. The first kappa shape index (κ1) is 32.2. The van der Waals surface area contributed by atoms with E-state index in [1.807, 2.05) is 6.07 Å². The monoisotopic (exact) mass is 553 g/mol. The van der Waals surface area contributed by atoms with Crippen LogP contribution in [0.3, 0.4) is 0 Å². The van der Waals surface area contributed by atoms with E-state index >= 15 is 0 Å². The molecule has 0 spiro atoms. The molecule has 0 unspecified atom stereocenters. The highest BCUT2D eigenvalue weighted by Crippen LogP contribution is 2.24. The summed E-state index contributed by atoms with van der Waals surface area (Å²) in [5, 5.41) is 12.3. The Bertz CT molecular complexity index is 1150. The van der Waals surface area contributed by atoms with Crippen molar-refractivity contribution in [1.82, 2.24) is 5.32 Å². The molecule has 0 fully saturated rings. The van der Waals surface area contributed by atoms with Crippen LogP contribution in [0.25, 0.3) is 0 Å². The summed E-state index contributed by atoms with van der Waals surface area (Å²) in [5.74, 6) is -6.14. The number of hydrogen-bond acceptors (Lipinski definition) is 7. The molecule has 0 heterocycles. The summed E-state index contributed by atoms with van der Waals surface area (Å²) < 4.78 is 10.7. The minimum Gasteiger partial charge on any atom is -0.481 e. The minimum absolute atomic E-state index is 0.00262. The highest BCUT2D eigenvalue weighted by Gasteiger charge is 2.34. The molecule has 0 aliphatic carbocycles. The molecule has 2 aromatic carbocycles. The molecule has 3 atom stereocenters. The lowest BCUT2D eigenvalue weighted by Crippen LogP contribution is -2.41. The van der Waals surface area contributed by atoms with Gasteiger partial charge in [-0.05, 0) is 37.8 Å². The van der Waals surface area contributed by atoms with Crippen molar-refractivity contribution in [2.45, 2.75) is 72.1 Å². The predicted octanol–water partition coefficient (Wildman–Crippen LogP) is 4.64. The standard InChI is InChI=1S/C31H39NO8/c1-20(2)24(30(37)38)18-25(33)28(22-14-10-7-11-15-22)32-29(36)23(17-27(35)40-31(3,4)5)16-26(34)39-19-21-12-8-6-9-13-21/h6-15,20,23-24,28H,16-19H2,1-5H3,(H,32,36)(H,37,38)/t23-,24-,28-/m0/s1. The third kappa shape index (κ3) is 11.0. The molecular formula is C31H39NO8. The average molecular weight is 554 g/mol. The summed E-state index contributed by atoms with van der Waals surface area (Å²) in [7, 11) is 0. The Morgan fingerprint density at radius 1 is 0.825 bits per heavy atom. The highest BCUT2D eigenvalue weighted by atomic mass is 16.6. The molecule has 9 nitrogen and oxygen atoms in total. The minimum atomic E-state index is -1.18. The number of carbonyl (C=O) groups excluding carboxylic acids is 4. The molecule has 0 aromatic heterocycles. The number of esters is 2. The van der Waals surface area contributed by atoms with E-state index < -0.39 is 65.9 Å². The Labute approximate surface area is 235 Å². The number of carboxylic acids is 1. The van der Waals surface area contributed by atoms with Gasteiger partial charge in [0, 0.05) is 6.42 Å². The summed E-state index contributed by atoms with van der Waals surface area (Å²) in [4.78, 5) is 63.9. The lowest BCUT2D eigenvalue weighted by atomic mass is 9.87. The van der Waals surface area contributed by atoms with E-state index in [1.54, 1.807) is 89.2 Å². The zero-order valence-electron chi connectivity index (χ0n) is 23.7. The van der Waals surface area contributed by atoms with Crippen LogP contribution in [0.2, 0.25) is 0 Å². The Morgan fingerprint density at radius 3 is 1.90 bits per heavy atom. The maximum atomic E-state index is 13.5. The van der Waals surface area contributed by atoms with Crippen LogP contribution >= 0.6 is 0 Å². The number of hydrogen-bond donors (Lipinski definition) is 2.